The number of nitrogens with one attached hydrogen (secondary N) is 1. The number of ether oxygens (including phenoxy) is 1. The molecule has 5 rings (SSSR count). The van der Waals surface area contributed by atoms with Crippen molar-refractivity contribution >= 4 is 5.91 Å². The van der Waals surface area contributed by atoms with Crippen molar-refractivity contribution in [2.75, 3.05) is 32.8 Å². The molecule has 1 aliphatic carbocycles. The Hall–Kier alpha value is -2.32. The van der Waals surface area contributed by atoms with Gasteiger partial charge in [0.15, 0.2) is 5.82 Å². The lowest BCUT2D eigenvalue weighted by Crippen LogP contribution is -2.47. The third-order valence-electron chi connectivity index (χ3n) is 6.06. The van der Waals surface area contributed by atoms with Crippen molar-refractivity contribution in [1.82, 2.24) is 25.3 Å². The van der Waals surface area contributed by atoms with Crippen LogP contribution in [0.25, 0.3) is 0 Å². The first-order valence-corrected chi connectivity index (χ1v) is 10.0. The molecule has 0 unspecified atom stereocenters. The Morgan fingerprint density at radius 2 is 2.29 bits per heavy atom. The summed E-state index contributed by atoms with van der Waals surface area (Å²) in [4.78, 5) is 24.1. The minimum Gasteiger partial charge on any atom is -0.380 e. The standard InChI is InChI=1S/C20H25N5O3/c26-19(22-8-6-16-3-1-2-7-21-16)20-12-25(9-15(20)11-27-13-20)10-17-23-18(28-24-17)14-4-5-14/h1-3,7,14-15H,4-6,8-13H2,(H,22,26)/t15-,20-/m1/s1. The Balaban J connectivity index is 1.19. The summed E-state index contributed by atoms with van der Waals surface area (Å²) in [6.07, 6.45) is 4.79. The fourth-order valence-electron chi connectivity index (χ4n) is 4.34. The average Bonchev–Trinajstić information content (AvgIpc) is 3.15. The van der Waals surface area contributed by atoms with E-state index in [1.165, 1.54) is 0 Å². The van der Waals surface area contributed by atoms with Crippen molar-refractivity contribution in [3.8, 4) is 0 Å². The Labute approximate surface area is 163 Å². The molecule has 2 saturated heterocycles. The molecule has 148 valence electrons. The van der Waals surface area contributed by atoms with Crippen LogP contribution in [0.4, 0.5) is 0 Å². The number of carbonyl (C=O) groups excluding carboxylic acids is 1. The van der Waals surface area contributed by atoms with Crippen LogP contribution in [0.1, 0.15) is 36.2 Å². The highest BCUT2D eigenvalue weighted by molar-refractivity contribution is 5.84. The van der Waals surface area contributed by atoms with Gasteiger partial charge in [-0.1, -0.05) is 11.2 Å². The minimum absolute atomic E-state index is 0.0835. The molecule has 0 aromatic carbocycles. The summed E-state index contributed by atoms with van der Waals surface area (Å²) in [6.45, 7) is 3.80. The van der Waals surface area contributed by atoms with E-state index < -0.39 is 5.41 Å². The lowest BCUT2D eigenvalue weighted by atomic mass is 9.80. The lowest BCUT2D eigenvalue weighted by molar-refractivity contribution is -0.131. The van der Waals surface area contributed by atoms with Crippen LogP contribution in [0, 0.1) is 11.3 Å². The Kier molecular flexibility index (Phi) is 4.60. The van der Waals surface area contributed by atoms with Gasteiger partial charge in [0.1, 0.15) is 0 Å². The summed E-state index contributed by atoms with van der Waals surface area (Å²) in [5.41, 5.74) is 0.504. The van der Waals surface area contributed by atoms with E-state index in [1.54, 1.807) is 6.20 Å². The van der Waals surface area contributed by atoms with Gasteiger partial charge in [0.2, 0.25) is 11.8 Å². The number of amides is 1. The van der Waals surface area contributed by atoms with E-state index in [9.17, 15) is 4.79 Å². The van der Waals surface area contributed by atoms with Crippen molar-refractivity contribution in [3.05, 3.63) is 41.8 Å². The number of likely N-dealkylation sites (tertiary alicyclic amines) is 1. The maximum atomic E-state index is 13.1. The van der Waals surface area contributed by atoms with Crippen LogP contribution in [0.2, 0.25) is 0 Å². The largest absolute Gasteiger partial charge is 0.380 e. The topological polar surface area (TPSA) is 93.4 Å². The molecule has 8 heteroatoms. The first-order valence-electron chi connectivity index (χ1n) is 10.0. The van der Waals surface area contributed by atoms with Crippen LogP contribution < -0.4 is 5.32 Å². The SMILES string of the molecule is O=C(NCCc1ccccn1)[C@]12COC[C@H]1CN(Cc1noc(C3CC3)n1)C2. The highest BCUT2D eigenvalue weighted by Gasteiger charge is 2.55. The van der Waals surface area contributed by atoms with Crippen LogP contribution >= 0.6 is 0 Å². The van der Waals surface area contributed by atoms with Crippen molar-refractivity contribution < 1.29 is 14.1 Å². The number of fused-ring (bicyclic) bond motifs is 1. The number of rotatable bonds is 7. The fraction of sp³-hybridized carbons (Fsp3) is 0.600. The van der Waals surface area contributed by atoms with E-state index in [0.29, 0.717) is 44.6 Å². The number of pyridine rings is 1. The number of aromatic nitrogens is 3. The summed E-state index contributed by atoms with van der Waals surface area (Å²) < 4.78 is 11.1. The highest BCUT2D eigenvalue weighted by atomic mass is 16.5. The van der Waals surface area contributed by atoms with Gasteiger partial charge in [0, 0.05) is 49.8 Å². The Bertz CT molecular complexity index is 837. The average molecular weight is 383 g/mol. The van der Waals surface area contributed by atoms with Crippen molar-refractivity contribution in [2.24, 2.45) is 11.3 Å². The Morgan fingerprint density at radius 1 is 1.36 bits per heavy atom. The second-order valence-corrected chi connectivity index (χ2v) is 8.19. The van der Waals surface area contributed by atoms with E-state index >= 15 is 0 Å². The van der Waals surface area contributed by atoms with Gasteiger partial charge < -0.3 is 14.6 Å². The van der Waals surface area contributed by atoms with Gasteiger partial charge in [-0.25, -0.2) is 0 Å². The third kappa shape index (κ3) is 3.42. The zero-order valence-corrected chi connectivity index (χ0v) is 15.8. The van der Waals surface area contributed by atoms with Gasteiger partial charge in [-0.15, -0.1) is 0 Å². The van der Waals surface area contributed by atoms with Gasteiger partial charge in [0.25, 0.3) is 0 Å². The van der Waals surface area contributed by atoms with Gasteiger partial charge >= 0.3 is 0 Å². The molecule has 0 radical (unpaired) electrons. The van der Waals surface area contributed by atoms with E-state index in [0.717, 1.165) is 37.4 Å². The molecule has 2 aromatic rings. The Morgan fingerprint density at radius 3 is 3.11 bits per heavy atom. The van der Waals surface area contributed by atoms with Crippen LogP contribution in [0.3, 0.4) is 0 Å². The molecule has 2 aliphatic heterocycles. The highest BCUT2D eigenvalue weighted by Crippen LogP contribution is 2.42. The summed E-state index contributed by atoms with van der Waals surface area (Å²) in [5.74, 6) is 2.23. The van der Waals surface area contributed by atoms with E-state index in [-0.39, 0.29) is 11.8 Å². The number of nitrogens with zero attached hydrogens (tertiary/aromatic N) is 4. The van der Waals surface area contributed by atoms with Gasteiger partial charge in [-0.2, -0.15) is 4.98 Å². The van der Waals surface area contributed by atoms with Gasteiger partial charge in [0.05, 0.1) is 25.2 Å². The maximum Gasteiger partial charge on any atom is 0.230 e. The van der Waals surface area contributed by atoms with Crippen molar-refractivity contribution in [3.63, 3.8) is 0 Å². The van der Waals surface area contributed by atoms with Gasteiger partial charge in [-0.3, -0.25) is 14.7 Å². The second-order valence-electron chi connectivity index (χ2n) is 8.19. The zero-order chi connectivity index (χ0) is 19.0. The minimum atomic E-state index is -0.479. The number of carbonyl (C=O) groups is 1. The summed E-state index contributed by atoms with van der Waals surface area (Å²) in [7, 11) is 0. The number of hydrogen-bond acceptors (Lipinski definition) is 7. The predicted octanol–water partition coefficient (Wildman–Crippen LogP) is 1.15. The van der Waals surface area contributed by atoms with Crippen LogP contribution in [0.5, 0.6) is 0 Å². The van der Waals surface area contributed by atoms with E-state index in [2.05, 4.69) is 25.3 Å². The molecule has 3 aliphatic rings. The normalized spacial score (nSPS) is 27.1. The van der Waals surface area contributed by atoms with Gasteiger partial charge in [-0.05, 0) is 25.0 Å². The number of hydrogen-bond donors (Lipinski definition) is 1. The molecule has 1 N–H and O–H groups in total. The monoisotopic (exact) mass is 383 g/mol. The summed E-state index contributed by atoms with van der Waals surface area (Å²) in [6, 6.07) is 5.83. The molecule has 0 spiro atoms. The van der Waals surface area contributed by atoms with Crippen LogP contribution in [-0.2, 0) is 22.5 Å². The second kappa shape index (κ2) is 7.25. The molecular weight excluding hydrogens is 358 g/mol. The van der Waals surface area contributed by atoms with Crippen LogP contribution in [-0.4, -0.2) is 58.8 Å². The lowest BCUT2D eigenvalue weighted by Gasteiger charge is -2.25. The molecule has 8 nitrogen and oxygen atoms in total. The molecular formula is C20H25N5O3. The van der Waals surface area contributed by atoms with E-state index in [4.69, 9.17) is 9.26 Å². The molecule has 2 aromatic heterocycles. The fourth-order valence-corrected chi connectivity index (χ4v) is 4.34. The van der Waals surface area contributed by atoms with Crippen LogP contribution in [0.15, 0.2) is 28.9 Å². The molecule has 4 heterocycles. The third-order valence-corrected chi connectivity index (χ3v) is 6.06. The smallest absolute Gasteiger partial charge is 0.230 e. The molecule has 28 heavy (non-hydrogen) atoms. The molecule has 1 amide bonds. The summed E-state index contributed by atoms with van der Waals surface area (Å²) in [5, 5.41) is 7.23. The van der Waals surface area contributed by atoms with Crippen molar-refractivity contribution in [1.29, 1.82) is 0 Å². The molecule has 1 saturated carbocycles. The molecule has 3 fully saturated rings. The zero-order valence-electron chi connectivity index (χ0n) is 15.8. The molecule has 0 bridgehead atoms. The summed E-state index contributed by atoms with van der Waals surface area (Å²) >= 11 is 0. The first-order chi connectivity index (χ1) is 13.7. The van der Waals surface area contributed by atoms with E-state index in [1.807, 2.05) is 18.2 Å². The predicted molar refractivity (Wildman–Crippen MR) is 99.2 cm³/mol. The van der Waals surface area contributed by atoms with Crippen molar-refractivity contribution in [2.45, 2.75) is 31.7 Å². The first kappa shape index (κ1) is 17.8. The quantitative estimate of drug-likeness (QED) is 0.766. The maximum absolute atomic E-state index is 13.1. The molecule has 2 atom stereocenters.